The number of aliphatic carboxylic acids is 1. The topological polar surface area (TPSA) is 58.6 Å². The predicted octanol–water partition coefficient (Wildman–Crippen LogP) is 3.81. The van der Waals surface area contributed by atoms with Crippen LogP contribution < -0.4 is 10.1 Å². The van der Waals surface area contributed by atoms with Crippen molar-refractivity contribution in [3.8, 4) is 5.75 Å². The van der Waals surface area contributed by atoms with Gasteiger partial charge in [0.25, 0.3) is 0 Å². The number of carbonyl (C=O) groups is 1. The molecule has 0 saturated carbocycles. The van der Waals surface area contributed by atoms with E-state index in [1.807, 2.05) is 12.1 Å². The summed E-state index contributed by atoms with van der Waals surface area (Å²) in [5.41, 5.74) is 0.192. The maximum Gasteiger partial charge on any atom is 0.312 e. The van der Waals surface area contributed by atoms with Gasteiger partial charge in [0.05, 0.1) is 14.4 Å². The third kappa shape index (κ3) is 4.75. The summed E-state index contributed by atoms with van der Waals surface area (Å²) in [6, 6.07) is 3.94. The molecule has 0 spiro atoms. The predicted molar refractivity (Wildman–Crippen MR) is 86.1 cm³/mol. The number of ether oxygens (including phenoxy) is 1. The minimum atomic E-state index is -0.929. The van der Waals surface area contributed by atoms with Crippen LogP contribution in [0.4, 0.5) is 0 Å². The number of halogens is 2. The first-order valence-corrected chi connectivity index (χ1v) is 7.91. The Morgan fingerprint density at radius 2 is 1.90 bits per heavy atom. The zero-order chi connectivity index (χ0) is 15.3. The van der Waals surface area contributed by atoms with Crippen molar-refractivity contribution in [2.75, 3.05) is 13.2 Å². The molecule has 0 fully saturated rings. The maximum atomic E-state index is 11.1. The lowest BCUT2D eigenvalue weighted by Crippen LogP contribution is -2.30. The van der Waals surface area contributed by atoms with Gasteiger partial charge in [0.2, 0.25) is 0 Å². The Kier molecular flexibility index (Phi) is 6.48. The van der Waals surface area contributed by atoms with E-state index in [9.17, 15) is 4.79 Å². The summed E-state index contributed by atoms with van der Waals surface area (Å²) >= 11 is 6.93. The van der Waals surface area contributed by atoms with E-state index in [-0.39, 0.29) is 6.61 Å². The Hall–Kier alpha value is -0.590. The molecule has 0 heterocycles. The molecule has 0 unspecified atom stereocenters. The van der Waals surface area contributed by atoms with Crippen molar-refractivity contribution in [1.82, 2.24) is 5.32 Å². The molecule has 0 atom stereocenters. The summed E-state index contributed by atoms with van der Waals surface area (Å²) in [5, 5.41) is 12.3. The molecule has 1 rings (SSSR count). The van der Waals surface area contributed by atoms with Crippen molar-refractivity contribution in [2.24, 2.45) is 5.41 Å². The van der Waals surface area contributed by atoms with Gasteiger partial charge in [-0.1, -0.05) is 6.92 Å². The van der Waals surface area contributed by atoms with E-state index in [1.54, 1.807) is 13.8 Å². The highest BCUT2D eigenvalue weighted by molar-refractivity contribution is 9.11. The highest BCUT2D eigenvalue weighted by atomic mass is 79.9. The van der Waals surface area contributed by atoms with Crippen LogP contribution in [0.3, 0.4) is 0 Å². The van der Waals surface area contributed by atoms with Gasteiger partial charge in [-0.2, -0.15) is 0 Å². The summed E-state index contributed by atoms with van der Waals surface area (Å²) in [5.74, 6) is -0.256. The van der Waals surface area contributed by atoms with Gasteiger partial charge < -0.3 is 15.2 Å². The Morgan fingerprint density at radius 1 is 1.35 bits per heavy atom. The van der Waals surface area contributed by atoms with Gasteiger partial charge in [-0.15, -0.1) is 0 Å². The molecule has 0 aromatic heterocycles. The first-order chi connectivity index (χ1) is 9.27. The average molecular weight is 409 g/mol. The van der Waals surface area contributed by atoms with Crippen molar-refractivity contribution in [3.05, 3.63) is 26.6 Å². The van der Waals surface area contributed by atoms with Crippen LogP contribution in [-0.2, 0) is 11.3 Å². The molecule has 0 aliphatic rings. The SMILES string of the molecule is CCNCc1cc(Br)c(OCC(C)(C)C(=O)O)c(Br)c1. The molecule has 0 aliphatic heterocycles. The monoisotopic (exact) mass is 407 g/mol. The normalized spacial score (nSPS) is 11.4. The third-order valence-corrected chi connectivity index (χ3v) is 3.97. The van der Waals surface area contributed by atoms with Gasteiger partial charge in [-0.3, -0.25) is 4.79 Å². The minimum absolute atomic E-state index is 0.103. The number of rotatable bonds is 7. The van der Waals surface area contributed by atoms with Crippen LogP contribution in [-0.4, -0.2) is 24.2 Å². The fourth-order valence-electron chi connectivity index (χ4n) is 1.44. The Bertz CT molecular complexity index is 466. The lowest BCUT2D eigenvalue weighted by Gasteiger charge is -2.21. The molecular weight excluding hydrogens is 390 g/mol. The van der Waals surface area contributed by atoms with E-state index in [4.69, 9.17) is 9.84 Å². The van der Waals surface area contributed by atoms with Gasteiger partial charge in [-0.25, -0.2) is 0 Å². The van der Waals surface area contributed by atoms with Crippen LogP contribution in [0.1, 0.15) is 26.3 Å². The molecule has 4 nitrogen and oxygen atoms in total. The summed E-state index contributed by atoms with van der Waals surface area (Å²) in [6.07, 6.45) is 0. The second kappa shape index (κ2) is 7.43. The van der Waals surface area contributed by atoms with Crippen LogP contribution in [0, 0.1) is 5.41 Å². The first-order valence-electron chi connectivity index (χ1n) is 6.32. The molecule has 1 aromatic carbocycles. The molecule has 112 valence electrons. The Labute approximate surface area is 136 Å². The second-order valence-electron chi connectivity index (χ2n) is 5.15. The van der Waals surface area contributed by atoms with Crippen molar-refractivity contribution in [1.29, 1.82) is 0 Å². The van der Waals surface area contributed by atoms with Crippen molar-refractivity contribution < 1.29 is 14.6 Å². The van der Waals surface area contributed by atoms with Crippen LogP contribution in [0.25, 0.3) is 0 Å². The largest absolute Gasteiger partial charge is 0.490 e. The van der Waals surface area contributed by atoms with Gasteiger partial charge in [0.15, 0.2) is 0 Å². The molecular formula is C14H19Br2NO3. The van der Waals surface area contributed by atoms with Gasteiger partial charge in [0, 0.05) is 6.54 Å². The van der Waals surface area contributed by atoms with Crippen molar-refractivity contribution in [2.45, 2.75) is 27.3 Å². The maximum absolute atomic E-state index is 11.1. The lowest BCUT2D eigenvalue weighted by atomic mass is 9.95. The fourth-order valence-corrected chi connectivity index (χ4v) is 2.95. The number of nitrogens with one attached hydrogen (secondary N) is 1. The van der Waals surface area contributed by atoms with Crippen LogP contribution in [0.15, 0.2) is 21.1 Å². The molecule has 1 aromatic rings. The number of carboxylic acids is 1. The summed E-state index contributed by atoms with van der Waals surface area (Å²) in [4.78, 5) is 11.1. The fraction of sp³-hybridized carbons (Fsp3) is 0.500. The average Bonchev–Trinajstić information content (AvgIpc) is 2.35. The second-order valence-corrected chi connectivity index (χ2v) is 6.86. The van der Waals surface area contributed by atoms with Gasteiger partial charge in [0.1, 0.15) is 12.4 Å². The smallest absolute Gasteiger partial charge is 0.312 e. The molecule has 0 bridgehead atoms. The van der Waals surface area contributed by atoms with E-state index in [1.165, 1.54) is 0 Å². The molecule has 0 saturated heterocycles. The summed E-state index contributed by atoms with van der Waals surface area (Å²) < 4.78 is 7.27. The number of benzene rings is 1. The lowest BCUT2D eigenvalue weighted by molar-refractivity contribution is -0.148. The molecule has 0 aliphatic carbocycles. The highest BCUT2D eigenvalue weighted by Crippen LogP contribution is 2.35. The van der Waals surface area contributed by atoms with Crippen LogP contribution in [0.5, 0.6) is 5.75 Å². The zero-order valence-electron chi connectivity index (χ0n) is 11.8. The van der Waals surface area contributed by atoms with Crippen LogP contribution >= 0.6 is 31.9 Å². The molecule has 0 radical (unpaired) electrons. The van der Waals surface area contributed by atoms with Gasteiger partial charge in [-0.05, 0) is 69.9 Å². The van der Waals surface area contributed by atoms with E-state index >= 15 is 0 Å². The summed E-state index contributed by atoms with van der Waals surface area (Å²) in [6.45, 7) is 7.10. The molecule has 0 amide bonds. The molecule has 20 heavy (non-hydrogen) atoms. The molecule has 6 heteroatoms. The molecule has 2 N–H and O–H groups in total. The minimum Gasteiger partial charge on any atom is -0.490 e. The number of hydrogen-bond acceptors (Lipinski definition) is 3. The van der Waals surface area contributed by atoms with E-state index < -0.39 is 11.4 Å². The first kappa shape index (κ1) is 17.5. The zero-order valence-corrected chi connectivity index (χ0v) is 15.0. The van der Waals surface area contributed by atoms with E-state index in [0.717, 1.165) is 27.6 Å². The van der Waals surface area contributed by atoms with Crippen molar-refractivity contribution >= 4 is 37.8 Å². The standard InChI is InChI=1S/C14H19Br2NO3/c1-4-17-7-9-5-10(15)12(11(16)6-9)20-8-14(2,3)13(18)19/h5-6,17H,4,7-8H2,1-3H3,(H,18,19). The van der Waals surface area contributed by atoms with Crippen LogP contribution in [0.2, 0.25) is 0 Å². The third-order valence-electron chi connectivity index (χ3n) is 2.79. The van der Waals surface area contributed by atoms with Crippen molar-refractivity contribution in [3.63, 3.8) is 0 Å². The van der Waals surface area contributed by atoms with E-state index in [0.29, 0.717) is 5.75 Å². The van der Waals surface area contributed by atoms with E-state index in [2.05, 4.69) is 44.1 Å². The summed E-state index contributed by atoms with van der Waals surface area (Å²) in [7, 11) is 0. The van der Waals surface area contributed by atoms with Gasteiger partial charge >= 0.3 is 5.97 Å². The number of hydrogen-bond donors (Lipinski definition) is 2. The quantitative estimate of drug-likeness (QED) is 0.720. The Morgan fingerprint density at radius 3 is 2.35 bits per heavy atom. The highest BCUT2D eigenvalue weighted by Gasteiger charge is 2.28. The number of carboxylic acid groups (broad SMARTS) is 1. The Balaban J connectivity index is 2.84.